The third-order valence-electron chi connectivity index (χ3n) is 2.98. The number of rotatable bonds is 6. The zero-order valence-electron chi connectivity index (χ0n) is 12.7. The van der Waals surface area contributed by atoms with Gasteiger partial charge in [0.05, 0.1) is 30.3 Å². The van der Waals surface area contributed by atoms with Gasteiger partial charge in [-0.3, -0.25) is 4.79 Å². The number of benzene rings is 1. The van der Waals surface area contributed by atoms with E-state index in [-0.39, 0.29) is 11.4 Å². The summed E-state index contributed by atoms with van der Waals surface area (Å²) in [7, 11) is 1.56. The maximum absolute atomic E-state index is 12.9. The van der Waals surface area contributed by atoms with Crippen LogP contribution >= 0.6 is 0 Å². The predicted molar refractivity (Wildman–Crippen MR) is 81.8 cm³/mol. The van der Waals surface area contributed by atoms with E-state index in [1.165, 1.54) is 30.6 Å². The highest BCUT2D eigenvalue weighted by molar-refractivity contribution is 6.03. The number of hydrogen-bond donors (Lipinski definition) is 2. The maximum atomic E-state index is 12.9. The molecule has 2 N–H and O–H groups in total. The smallest absolute Gasteiger partial charge is 0.383 e. The van der Waals surface area contributed by atoms with E-state index in [1.54, 1.807) is 7.11 Å². The van der Waals surface area contributed by atoms with Crippen molar-refractivity contribution in [1.82, 2.24) is 9.97 Å². The Kier molecular flexibility index (Phi) is 5.69. The van der Waals surface area contributed by atoms with Gasteiger partial charge in [-0.05, 0) is 12.1 Å². The van der Waals surface area contributed by atoms with Gasteiger partial charge in [0.1, 0.15) is 11.5 Å². The molecule has 1 aromatic carbocycles. The molecule has 0 aliphatic heterocycles. The van der Waals surface area contributed by atoms with E-state index in [4.69, 9.17) is 4.74 Å². The van der Waals surface area contributed by atoms with E-state index in [0.717, 1.165) is 6.07 Å². The molecule has 0 radical (unpaired) electrons. The second-order valence-corrected chi connectivity index (χ2v) is 4.70. The van der Waals surface area contributed by atoms with Gasteiger partial charge in [0.2, 0.25) is 0 Å². The maximum Gasteiger partial charge on any atom is 0.418 e. The molecular weight excluding hydrogens is 325 g/mol. The molecule has 0 saturated heterocycles. The molecule has 2 aromatic rings. The molecule has 0 fully saturated rings. The molecule has 24 heavy (non-hydrogen) atoms. The van der Waals surface area contributed by atoms with Crippen LogP contribution in [0.15, 0.2) is 36.7 Å². The molecule has 0 atom stereocenters. The van der Waals surface area contributed by atoms with Gasteiger partial charge in [0, 0.05) is 13.7 Å². The molecule has 0 saturated carbocycles. The summed E-state index contributed by atoms with van der Waals surface area (Å²) >= 11 is 0. The molecule has 128 valence electrons. The molecule has 6 nitrogen and oxygen atoms in total. The predicted octanol–water partition coefficient (Wildman–Crippen LogP) is 2.81. The molecule has 0 spiro atoms. The highest BCUT2D eigenvalue weighted by atomic mass is 19.4. The van der Waals surface area contributed by atoms with Crippen LogP contribution in [0.4, 0.5) is 24.7 Å². The van der Waals surface area contributed by atoms with Crippen molar-refractivity contribution < 1.29 is 22.7 Å². The fraction of sp³-hybridized carbons (Fsp3) is 0.267. The van der Waals surface area contributed by atoms with Crippen LogP contribution in [0.5, 0.6) is 0 Å². The van der Waals surface area contributed by atoms with E-state index in [1.807, 2.05) is 0 Å². The number of nitrogens with zero attached hydrogens (tertiary/aromatic N) is 2. The number of carbonyl (C=O) groups excluding carboxylic acids is 1. The number of ether oxygens (including phenoxy) is 1. The number of hydrogen-bond acceptors (Lipinski definition) is 5. The lowest BCUT2D eigenvalue weighted by Gasteiger charge is -2.13. The zero-order valence-corrected chi connectivity index (χ0v) is 12.7. The second kappa shape index (κ2) is 7.73. The lowest BCUT2D eigenvalue weighted by Crippen LogP contribution is -2.18. The van der Waals surface area contributed by atoms with Gasteiger partial charge >= 0.3 is 6.18 Å². The van der Waals surface area contributed by atoms with Crippen LogP contribution in [-0.4, -0.2) is 36.1 Å². The van der Waals surface area contributed by atoms with E-state index in [0.29, 0.717) is 19.0 Å². The van der Waals surface area contributed by atoms with Gasteiger partial charge in [-0.15, -0.1) is 0 Å². The van der Waals surface area contributed by atoms with Gasteiger partial charge in [0.25, 0.3) is 5.91 Å². The first kappa shape index (κ1) is 17.7. The van der Waals surface area contributed by atoms with Gasteiger partial charge in [0.15, 0.2) is 0 Å². The van der Waals surface area contributed by atoms with Crippen LogP contribution in [0.1, 0.15) is 16.1 Å². The van der Waals surface area contributed by atoms with Crippen molar-refractivity contribution in [2.24, 2.45) is 0 Å². The molecule has 0 unspecified atom stereocenters. The van der Waals surface area contributed by atoms with Crippen LogP contribution in [0.25, 0.3) is 0 Å². The van der Waals surface area contributed by atoms with E-state index in [2.05, 4.69) is 20.6 Å². The van der Waals surface area contributed by atoms with Crippen molar-refractivity contribution in [3.8, 4) is 0 Å². The Morgan fingerprint density at radius 2 is 1.96 bits per heavy atom. The Bertz CT molecular complexity index is 690. The van der Waals surface area contributed by atoms with Gasteiger partial charge in [-0.25, -0.2) is 9.97 Å². The summed E-state index contributed by atoms with van der Waals surface area (Å²) in [5.74, 6) is -0.345. The van der Waals surface area contributed by atoms with Crippen molar-refractivity contribution in [3.05, 3.63) is 47.9 Å². The summed E-state index contributed by atoms with van der Waals surface area (Å²) in [6, 6.07) is 4.72. The second-order valence-electron chi connectivity index (χ2n) is 4.70. The first-order valence-corrected chi connectivity index (χ1v) is 6.94. The largest absolute Gasteiger partial charge is 0.418 e. The number of alkyl halides is 3. The van der Waals surface area contributed by atoms with Crippen molar-refractivity contribution in [2.45, 2.75) is 6.18 Å². The van der Waals surface area contributed by atoms with Gasteiger partial charge in [-0.2, -0.15) is 13.2 Å². The van der Waals surface area contributed by atoms with Crippen LogP contribution < -0.4 is 10.6 Å². The summed E-state index contributed by atoms with van der Waals surface area (Å²) in [5, 5.41) is 5.11. The van der Waals surface area contributed by atoms with Crippen molar-refractivity contribution in [1.29, 1.82) is 0 Å². The number of amides is 1. The van der Waals surface area contributed by atoms with Crippen LogP contribution in [0.3, 0.4) is 0 Å². The third kappa shape index (κ3) is 4.66. The molecule has 2 rings (SSSR count). The first-order chi connectivity index (χ1) is 11.4. The SMILES string of the molecule is COCCNc1cnc(C(=O)Nc2ccccc2C(F)(F)F)cn1. The van der Waals surface area contributed by atoms with Crippen molar-refractivity contribution >= 4 is 17.4 Å². The zero-order chi connectivity index (χ0) is 17.6. The normalized spacial score (nSPS) is 11.2. The standard InChI is InChI=1S/C15H15F3N4O2/c1-24-7-6-19-13-9-20-12(8-21-13)14(23)22-11-5-3-2-4-10(11)15(16,17)18/h2-5,8-9H,6-7H2,1H3,(H,19,21)(H,22,23). The van der Waals surface area contributed by atoms with Crippen LogP contribution in [0.2, 0.25) is 0 Å². The molecular formula is C15H15F3N4O2. The lowest BCUT2D eigenvalue weighted by atomic mass is 10.1. The molecule has 1 heterocycles. The quantitative estimate of drug-likeness (QED) is 0.791. The van der Waals surface area contributed by atoms with Gasteiger partial charge in [-0.1, -0.05) is 12.1 Å². The van der Waals surface area contributed by atoms with Gasteiger partial charge < -0.3 is 15.4 Å². The summed E-state index contributed by atoms with van der Waals surface area (Å²) in [4.78, 5) is 19.9. The third-order valence-corrected chi connectivity index (χ3v) is 2.98. The molecule has 0 bridgehead atoms. The van der Waals surface area contributed by atoms with E-state index >= 15 is 0 Å². The van der Waals surface area contributed by atoms with E-state index < -0.39 is 17.6 Å². The fourth-order valence-corrected chi connectivity index (χ4v) is 1.84. The highest BCUT2D eigenvalue weighted by Crippen LogP contribution is 2.34. The number of nitrogens with one attached hydrogen (secondary N) is 2. The van der Waals surface area contributed by atoms with Crippen LogP contribution in [-0.2, 0) is 10.9 Å². The van der Waals surface area contributed by atoms with E-state index in [9.17, 15) is 18.0 Å². The first-order valence-electron chi connectivity index (χ1n) is 6.94. The molecule has 9 heteroatoms. The summed E-state index contributed by atoms with van der Waals surface area (Å²) in [6.45, 7) is 0.980. The Balaban J connectivity index is 2.08. The number of para-hydroxylation sites is 1. The molecule has 0 aliphatic carbocycles. The average Bonchev–Trinajstić information content (AvgIpc) is 2.55. The topological polar surface area (TPSA) is 76.1 Å². The Labute approximate surface area is 136 Å². The number of aromatic nitrogens is 2. The highest BCUT2D eigenvalue weighted by Gasteiger charge is 2.33. The number of methoxy groups -OCH3 is 1. The number of halogens is 3. The van der Waals surface area contributed by atoms with Crippen LogP contribution in [0, 0.1) is 0 Å². The molecule has 1 amide bonds. The molecule has 0 aliphatic rings. The Hall–Kier alpha value is -2.68. The number of carbonyl (C=O) groups is 1. The minimum atomic E-state index is -4.56. The Morgan fingerprint density at radius 3 is 2.58 bits per heavy atom. The van der Waals surface area contributed by atoms with Crippen molar-refractivity contribution in [3.63, 3.8) is 0 Å². The minimum Gasteiger partial charge on any atom is -0.383 e. The molecule has 1 aromatic heterocycles. The number of anilines is 2. The minimum absolute atomic E-state index is 0.0933. The monoisotopic (exact) mass is 340 g/mol. The lowest BCUT2D eigenvalue weighted by molar-refractivity contribution is -0.136. The average molecular weight is 340 g/mol. The summed E-state index contributed by atoms with van der Waals surface area (Å²) in [5.41, 5.74) is -1.35. The van der Waals surface area contributed by atoms with Crippen molar-refractivity contribution in [2.75, 3.05) is 30.9 Å². The fourth-order valence-electron chi connectivity index (χ4n) is 1.84. The Morgan fingerprint density at radius 1 is 1.21 bits per heavy atom. The summed E-state index contributed by atoms with van der Waals surface area (Å²) in [6.07, 6.45) is -2.06. The summed E-state index contributed by atoms with van der Waals surface area (Å²) < 4.78 is 43.6.